The average Bonchev–Trinajstić information content (AvgIpc) is 2.83. The van der Waals surface area contributed by atoms with Crippen molar-refractivity contribution in [2.45, 2.75) is 12.2 Å². The zero-order valence-electron chi connectivity index (χ0n) is 13.7. The van der Waals surface area contributed by atoms with Crippen molar-refractivity contribution in [2.75, 3.05) is 11.1 Å². The van der Waals surface area contributed by atoms with Gasteiger partial charge in [0.25, 0.3) is 0 Å². The monoisotopic (exact) mass is 388 g/mol. The highest BCUT2D eigenvalue weighted by atomic mass is 35.5. The van der Waals surface area contributed by atoms with Gasteiger partial charge in [0.05, 0.1) is 16.7 Å². The highest BCUT2D eigenvalue weighted by Gasteiger charge is 2.31. The van der Waals surface area contributed by atoms with Gasteiger partial charge in [-0.2, -0.15) is 9.78 Å². The van der Waals surface area contributed by atoms with Crippen molar-refractivity contribution in [3.8, 4) is 5.82 Å². The van der Waals surface area contributed by atoms with Crippen molar-refractivity contribution < 1.29 is 9.18 Å². The van der Waals surface area contributed by atoms with Crippen LogP contribution in [0.3, 0.4) is 0 Å². The summed E-state index contributed by atoms with van der Waals surface area (Å²) in [5, 5.41) is 7.58. The smallest absolute Gasteiger partial charge is 0.235 e. The highest BCUT2D eigenvalue weighted by Crippen LogP contribution is 2.45. The molecule has 1 aliphatic rings. The third kappa shape index (κ3) is 2.97. The Balaban J connectivity index is 1.91. The Kier molecular flexibility index (Phi) is 4.42. The van der Waals surface area contributed by atoms with Crippen LogP contribution in [-0.4, -0.2) is 26.4 Å². The van der Waals surface area contributed by atoms with E-state index >= 15 is 0 Å². The molecule has 5 nitrogen and oxygen atoms in total. The number of hydrogen-bond acceptors (Lipinski definition) is 4. The number of aromatic nitrogens is 3. The molecule has 8 heteroatoms. The van der Waals surface area contributed by atoms with Crippen LogP contribution in [-0.2, 0) is 4.79 Å². The first-order valence-electron chi connectivity index (χ1n) is 7.92. The molecule has 0 saturated carbocycles. The molecule has 0 saturated heterocycles. The summed E-state index contributed by atoms with van der Waals surface area (Å²) in [6.07, 6.45) is 1.67. The molecule has 0 aliphatic carbocycles. The average molecular weight is 389 g/mol. The highest BCUT2D eigenvalue weighted by molar-refractivity contribution is 8.00. The van der Waals surface area contributed by atoms with Crippen LogP contribution in [0.1, 0.15) is 22.1 Å². The summed E-state index contributed by atoms with van der Waals surface area (Å²) < 4.78 is 15.1. The van der Waals surface area contributed by atoms with E-state index in [9.17, 15) is 9.18 Å². The van der Waals surface area contributed by atoms with Gasteiger partial charge in [0.1, 0.15) is 11.6 Å². The Bertz CT molecular complexity index is 992. The third-order valence-corrected chi connectivity index (χ3v) is 5.70. The number of nitrogens with one attached hydrogen (secondary N) is 1. The number of benzene rings is 1. The Hall–Kier alpha value is -2.38. The van der Waals surface area contributed by atoms with E-state index in [0.717, 1.165) is 16.8 Å². The Labute approximate surface area is 158 Å². The van der Waals surface area contributed by atoms with Gasteiger partial charge in [-0.05, 0) is 36.8 Å². The number of nitrogens with zero attached hydrogens (tertiary/aromatic N) is 3. The number of fused-ring (bicyclic) bond motifs is 1. The van der Waals surface area contributed by atoms with Crippen molar-refractivity contribution >= 4 is 35.1 Å². The minimum absolute atomic E-state index is 0.130. The number of carbonyl (C=O) groups is 1. The molecule has 132 valence electrons. The summed E-state index contributed by atoms with van der Waals surface area (Å²) in [4.78, 5) is 16.6. The minimum Gasteiger partial charge on any atom is -0.310 e. The van der Waals surface area contributed by atoms with E-state index in [-0.39, 0.29) is 16.9 Å². The predicted octanol–water partition coefficient (Wildman–Crippen LogP) is 4.14. The van der Waals surface area contributed by atoms with Gasteiger partial charge in [-0.15, -0.1) is 11.8 Å². The van der Waals surface area contributed by atoms with E-state index in [4.69, 9.17) is 11.6 Å². The van der Waals surface area contributed by atoms with Crippen LogP contribution in [0, 0.1) is 12.7 Å². The zero-order chi connectivity index (χ0) is 18.3. The fourth-order valence-electron chi connectivity index (χ4n) is 2.99. The summed E-state index contributed by atoms with van der Waals surface area (Å²) in [5.74, 6) is 0.908. The van der Waals surface area contributed by atoms with Crippen molar-refractivity contribution in [3.63, 3.8) is 0 Å². The van der Waals surface area contributed by atoms with Crippen molar-refractivity contribution in [1.29, 1.82) is 0 Å². The Morgan fingerprint density at radius 3 is 2.92 bits per heavy atom. The number of anilines is 1. The van der Waals surface area contributed by atoms with Crippen LogP contribution < -0.4 is 5.32 Å². The van der Waals surface area contributed by atoms with E-state index in [2.05, 4.69) is 15.4 Å². The number of pyridine rings is 1. The van der Waals surface area contributed by atoms with Crippen molar-refractivity contribution in [2.24, 2.45) is 0 Å². The number of halogens is 2. The summed E-state index contributed by atoms with van der Waals surface area (Å²) >= 11 is 7.73. The molecule has 1 aromatic carbocycles. The molecule has 0 fully saturated rings. The molecule has 1 amide bonds. The first-order valence-corrected chi connectivity index (χ1v) is 9.34. The number of thioether (sulfide) groups is 1. The Morgan fingerprint density at radius 1 is 1.35 bits per heavy atom. The van der Waals surface area contributed by atoms with Gasteiger partial charge in [-0.1, -0.05) is 23.7 Å². The van der Waals surface area contributed by atoms with Gasteiger partial charge < -0.3 is 5.32 Å². The normalized spacial score (nSPS) is 16.7. The lowest BCUT2D eigenvalue weighted by molar-refractivity contribution is -0.113. The second kappa shape index (κ2) is 6.74. The van der Waals surface area contributed by atoms with Crippen LogP contribution in [0.25, 0.3) is 5.82 Å². The maximum Gasteiger partial charge on any atom is 0.235 e. The molecule has 2 aromatic heterocycles. The fraction of sp³-hybridized carbons (Fsp3) is 0.167. The number of hydrogen-bond donors (Lipinski definition) is 1. The van der Waals surface area contributed by atoms with Crippen molar-refractivity contribution in [1.82, 2.24) is 14.8 Å². The molecule has 1 N–H and O–H groups in total. The van der Waals surface area contributed by atoms with Gasteiger partial charge in [0.15, 0.2) is 5.82 Å². The minimum atomic E-state index is -0.396. The largest absolute Gasteiger partial charge is 0.310 e. The van der Waals surface area contributed by atoms with Gasteiger partial charge >= 0.3 is 0 Å². The maximum absolute atomic E-state index is 13.5. The molecule has 0 radical (unpaired) electrons. The standard InChI is InChI=1S/C18H14ClFN4OS/c1-10-16-17(12-6-5-11(20)8-13(12)19)26-9-15(25)22-18(16)24(23-10)14-4-2-3-7-21-14/h2-8,17H,9H2,1H3,(H,22,25)/t17-/m1/s1. The van der Waals surface area contributed by atoms with E-state index < -0.39 is 5.82 Å². The van der Waals surface area contributed by atoms with Crippen LogP contribution in [0.2, 0.25) is 5.02 Å². The first-order chi connectivity index (χ1) is 12.5. The predicted molar refractivity (Wildman–Crippen MR) is 100 cm³/mol. The van der Waals surface area contributed by atoms with Gasteiger partial charge in [0.2, 0.25) is 5.91 Å². The SMILES string of the molecule is Cc1nn(-c2ccccn2)c2c1[C@@H](c1ccc(F)cc1Cl)SCC(=O)N2. The molecule has 3 heterocycles. The van der Waals surface area contributed by atoms with Crippen LogP contribution in [0.5, 0.6) is 0 Å². The van der Waals surface area contributed by atoms with E-state index in [1.165, 1.54) is 23.9 Å². The fourth-order valence-corrected chi connectivity index (χ4v) is 4.55. The molecule has 4 rings (SSSR count). The molecule has 3 aromatic rings. The molecule has 0 unspecified atom stereocenters. The lowest BCUT2D eigenvalue weighted by Gasteiger charge is -2.16. The molecular weight excluding hydrogens is 375 g/mol. The number of carbonyl (C=O) groups excluding carboxylic acids is 1. The number of rotatable bonds is 2. The molecule has 1 atom stereocenters. The Morgan fingerprint density at radius 2 is 2.19 bits per heavy atom. The molecular formula is C18H14ClFN4OS. The summed E-state index contributed by atoms with van der Waals surface area (Å²) in [6, 6.07) is 9.81. The van der Waals surface area contributed by atoms with E-state index in [1.54, 1.807) is 16.9 Å². The molecule has 0 bridgehead atoms. The van der Waals surface area contributed by atoms with Gasteiger partial charge in [0, 0.05) is 16.8 Å². The summed E-state index contributed by atoms with van der Waals surface area (Å²) in [6.45, 7) is 1.88. The quantitative estimate of drug-likeness (QED) is 0.716. The molecule has 0 spiro atoms. The second-order valence-electron chi connectivity index (χ2n) is 5.85. The third-order valence-electron chi connectivity index (χ3n) is 4.12. The van der Waals surface area contributed by atoms with E-state index in [0.29, 0.717) is 16.7 Å². The topological polar surface area (TPSA) is 59.8 Å². The lowest BCUT2D eigenvalue weighted by Crippen LogP contribution is -2.16. The van der Waals surface area contributed by atoms with Crippen LogP contribution in [0.15, 0.2) is 42.6 Å². The van der Waals surface area contributed by atoms with E-state index in [1.807, 2.05) is 25.1 Å². The van der Waals surface area contributed by atoms with Gasteiger partial charge in [-0.25, -0.2) is 9.37 Å². The van der Waals surface area contributed by atoms with Crippen LogP contribution in [0.4, 0.5) is 10.2 Å². The van der Waals surface area contributed by atoms with Crippen LogP contribution >= 0.6 is 23.4 Å². The summed E-state index contributed by atoms with van der Waals surface area (Å²) in [7, 11) is 0. The second-order valence-corrected chi connectivity index (χ2v) is 7.35. The zero-order valence-corrected chi connectivity index (χ0v) is 15.3. The maximum atomic E-state index is 13.5. The van der Waals surface area contributed by atoms with Crippen molar-refractivity contribution in [3.05, 3.63) is 70.3 Å². The molecule has 26 heavy (non-hydrogen) atoms. The molecule has 1 aliphatic heterocycles. The van der Waals surface area contributed by atoms with Gasteiger partial charge in [-0.3, -0.25) is 4.79 Å². The first kappa shape index (κ1) is 17.1. The number of aryl methyl sites for hydroxylation is 1. The number of amides is 1. The summed E-state index contributed by atoms with van der Waals surface area (Å²) in [5.41, 5.74) is 2.35. The lowest BCUT2D eigenvalue weighted by atomic mass is 10.0.